The van der Waals surface area contributed by atoms with Gasteiger partial charge in [0.1, 0.15) is 6.04 Å². The van der Waals surface area contributed by atoms with E-state index in [1.807, 2.05) is 0 Å². The Morgan fingerprint density at radius 2 is 1.81 bits per heavy atom. The Morgan fingerprint density at radius 3 is 2.43 bits per heavy atom. The SMILES string of the molecule is O=C(O)C1CCCN1C(=O)C1CCCN(CC(F)(F)F)C1. The molecule has 0 radical (unpaired) electrons. The molecule has 2 saturated heterocycles. The van der Waals surface area contributed by atoms with Crippen LogP contribution in [0.3, 0.4) is 0 Å². The fourth-order valence-electron chi connectivity index (χ4n) is 3.18. The van der Waals surface area contributed by atoms with Crippen LogP contribution in [0.25, 0.3) is 0 Å². The number of hydrogen-bond acceptors (Lipinski definition) is 3. The summed E-state index contributed by atoms with van der Waals surface area (Å²) in [6.07, 6.45) is -2.18. The minimum atomic E-state index is -4.28. The Balaban J connectivity index is 1.97. The summed E-state index contributed by atoms with van der Waals surface area (Å²) in [6, 6.07) is -0.824. The van der Waals surface area contributed by atoms with Gasteiger partial charge in [-0.3, -0.25) is 9.69 Å². The number of carbonyl (C=O) groups excluding carboxylic acids is 1. The van der Waals surface area contributed by atoms with Crippen LogP contribution in [-0.2, 0) is 9.59 Å². The van der Waals surface area contributed by atoms with Crippen molar-refractivity contribution in [3.63, 3.8) is 0 Å². The Kier molecular flexibility index (Phi) is 4.75. The van der Waals surface area contributed by atoms with Crippen LogP contribution in [0.15, 0.2) is 0 Å². The van der Waals surface area contributed by atoms with Gasteiger partial charge in [-0.1, -0.05) is 0 Å². The van der Waals surface area contributed by atoms with Gasteiger partial charge in [-0.2, -0.15) is 13.2 Å². The third kappa shape index (κ3) is 4.09. The van der Waals surface area contributed by atoms with E-state index in [0.29, 0.717) is 38.8 Å². The number of halogens is 3. The summed E-state index contributed by atoms with van der Waals surface area (Å²) in [6.45, 7) is -0.252. The first-order valence-corrected chi connectivity index (χ1v) is 7.10. The van der Waals surface area contributed by atoms with Crippen molar-refractivity contribution in [3.05, 3.63) is 0 Å². The second-order valence-corrected chi connectivity index (χ2v) is 5.72. The van der Waals surface area contributed by atoms with Crippen molar-refractivity contribution < 1.29 is 27.9 Å². The summed E-state index contributed by atoms with van der Waals surface area (Å²) in [5.41, 5.74) is 0. The van der Waals surface area contributed by atoms with Crippen molar-refractivity contribution in [3.8, 4) is 0 Å². The smallest absolute Gasteiger partial charge is 0.401 e. The normalized spacial score (nSPS) is 27.9. The van der Waals surface area contributed by atoms with Gasteiger partial charge in [0.25, 0.3) is 0 Å². The molecule has 120 valence electrons. The molecule has 0 aliphatic carbocycles. The molecule has 2 unspecified atom stereocenters. The number of rotatable bonds is 3. The summed E-state index contributed by atoms with van der Waals surface area (Å²) in [4.78, 5) is 26.0. The Morgan fingerprint density at radius 1 is 1.14 bits per heavy atom. The third-order valence-electron chi connectivity index (χ3n) is 4.08. The number of alkyl halides is 3. The minimum absolute atomic E-state index is 0.0567. The lowest BCUT2D eigenvalue weighted by Gasteiger charge is -2.35. The van der Waals surface area contributed by atoms with Crippen LogP contribution in [0.1, 0.15) is 25.7 Å². The van der Waals surface area contributed by atoms with E-state index in [0.717, 1.165) is 0 Å². The topological polar surface area (TPSA) is 60.9 Å². The van der Waals surface area contributed by atoms with Crippen molar-refractivity contribution in [1.82, 2.24) is 9.80 Å². The number of carboxylic acids is 1. The highest BCUT2D eigenvalue weighted by Gasteiger charge is 2.40. The van der Waals surface area contributed by atoms with Gasteiger partial charge >= 0.3 is 12.1 Å². The maximum Gasteiger partial charge on any atom is 0.401 e. The van der Waals surface area contributed by atoms with Gasteiger partial charge in [0.2, 0.25) is 5.91 Å². The standard InChI is InChI=1S/C13H19F3N2O3/c14-13(15,16)8-17-5-1-3-9(7-17)11(19)18-6-2-4-10(18)12(20)21/h9-10H,1-8H2,(H,20,21). The minimum Gasteiger partial charge on any atom is -0.480 e. The average molecular weight is 308 g/mol. The van der Waals surface area contributed by atoms with E-state index in [1.54, 1.807) is 0 Å². The predicted molar refractivity (Wildman–Crippen MR) is 67.6 cm³/mol. The van der Waals surface area contributed by atoms with Crippen molar-refractivity contribution >= 4 is 11.9 Å². The van der Waals surface area contributed by atoms with Crippen LogP contribution in [0.4, 0.5) is 13.2 Å². The Labute approximate surface area is 120 Å². The summed E-state index contributed by atoms with van der Waals surface area (Å²) in [7, 11) is 0. The largest absolute Gasteiger partial charge is 0.480 e. The number of aliphatic carboxylic acids is 1. The zero-order valence-corrected chi connectivity index (χ0v) is 11.6. The van der Waals surface area contributed by atoms with E-state index in [-0.39, 0.29) is 12.5 Å². The second-order valence-electron chi connectivity index (χ2n) is 5.72. The van der Waals surface area contributed by atoms with Crippen molar-refractivity contribution in [2.45, 2.75) is 37.9 Å². The van der Waals surface area contributed by atoms with Gasteiger partial charge in [-0.25, -0.2) is 4.79 Å². The molecule has 5 nitrogen and oxygen atoms in total. The number of piperidine rings is 1. The molecule has 2 atom stereocenters. The van der Waals surface area contributed by atoms with Crippen LogP contribution in [0, 0.1) is 5.92 Å². The number of likely N-dealkylation sites (tertiary alicyclic amines) is 2. The fourth-order valence-corrected chi connectivity index (χ4v) is 3.18. The number of hydrogen-bond donors (Lipinski definition) is 1. The predicted octanol–water partition coefficient (Wildman–Crippen LogP) is 1.34. The molecule has 2 aliphatic heterocycles. The van der Waals surface area contributed by atoms with E-state index in [4.69, 9.17) is 5.11 Å². The molecule has 2 heterocycles. The maximum atomic E-state index is 12.4. The molecule has 1 N–H and O–H groups in total. The van der Waals surface area contributed by atoms with Crippen molar-refractivity contribution in [2.24, 2.45) is 5.92 Å². The Hall–Kier alpha value is -1.31. The first-order chi connectivity index (χ1) is 9.78. The first-order valence-electron chi connectivity index (χ1n) is 7.10. The van der Waals surface area contributed by atoms with E-state index in [2.05, 4.69) is 0 Å². The third-order valence-corrected chi connectivity index (χ3v) is 4.08. The quantitative estimate of drug-likeness (QED) is 0.854. The monoisotopic (exact) mass is 308 g/mol. The van der Waals surface area contributed by atoms with Crippen LogP contribution >= 0.6 is 0 Å². The molecule has 0 saturated carbocycles. The van der Waals surface area contributed by atoms with Gasteiger partial charge < -0.3 is 10.0 Å². The molecule has 2 fully saturated rings. The second kappa shape index (κ2) is 6.21. The van der Waals surface area contributed by atoms with Crippen LogP contribution in [-0.4, -0.2) is 65.2 Å². The highest BCUT2D eigenvalue weighted by Crippen LogP contribution is 2.26. The molecule has 0 aromatic heterocycles. The molecule has 0 aromatic rings. The lowest BCUT2D eigenvalue weighted by atomic mass is 9.96. The highest BCUT2D eigenvalue weighted by molar-refractivity contribution is 5.85. The zero-order valence-electron chi connectivity index (χ0n) is 11.6. The highest BCUT2D eigenvalue weighted by atomic mass is 19.4. The van der Waals surface area contributed by atoms with Gasteiger partial charge in [0, 0.05) is 13.1 Å². The molecule has 0 bridgehead atoms. The molecule has 0 spiro atoms. The molecule has 2 rings (SSSR count). The molecule has 1 amide bonds. The van der Waals surface area contributed by atoms with E-state index in [9.17, 15) is 22.8 Å². The average Bonchev–Trinajstić information content (AvgIpc) is 2.85. The maximum absolute atomic E-state index is 12.4. The molecule has 2 aliphatic rings. The van der Waals surface area contributed by atoms with E-state index >= 15 is 0 Å². The number of nitrogens with zero attached hydrogens (tertiary/aromatic N) is 2. The van der Waals surface area contributed by atoms with E-state index in [1.165, 1.54) is 9.80 Å². The van der Waals surface area contributed by atoms with Gasteiger partial charge in [-0.05, 0) is 32.2 Å². The van der Waals surface area contributed by atoms with Crippen LogP contribution in [0.2, 0.25) is 0 Å². The zero-order chi connectivity index (χ0) is 15.6. The Bertz CT molecular complexity index is 414. The first kappa shape index (κ1) is 16.1. The summed E-state index contributed by atoms with van der Waals surface area (Å²) in [5.74, 6) is -1.88. The lowest BCUT2D eigenvalue weighted by molar-refractivity contribution is -0.157. The van der Waals surface area contributed by atoms with Crippen molar-refractivity contribution in [1.29, 1.82) is 0 Å². The van der Waals surface area contributed by atoms with Gasteiger partial charge in [0.05, 0.1) is 12.5 Å². The summed E-state index contributed by atoms with van der Waals surface area (Å²) in [5, 5.41) is 9.08. The summed E-state index contributed by atoms with van der Waals surface area (Å²) < 4.78 is 37.3. The number of amides is 1. The van der Waals surface area contributed by atoms with Crippen LogP contribution in [0.5, 0.6) is 0 Å². The fraction of sp³-hybridized carbons (Fsp3) is 0.846. The van der Waals surface area contributed by atoms with Crippen molar-refractivity contribution in [2.75, 3.05) is 26.2 Å². The van der Waals surface area contributed by atoms with Gasteiger partial charge in [0.15, 0.2) is 0 Å². The molecule has 0 aromatic carbocycles. The summed E-state index contributed by atoms with van der Waals surface area (Å²) >= 11 is 0. The van der Waals surface area contributed by atoms with Crippen LogP contribution < -0.4 is 0 Å². The molecule has 8 heteroatoms. The molecule has 21 heavy (non-hydrogen) atoms. The molecular formula is C13H19F3N2O3. The van der Waals surface area contributed by atoms with Gasteiger partial charge in [-0.15, -0.1) is 0 Å². The lowest BCUT2D eigenvalue weighted by Crippen LogP contribution is -2.49. The number of carbonyl (C=O) groups is 2. The van der Waals surface area contributed by atoms with E-state index < -0.39 is 30.7 Å². The number of carboxylic acid groups (broad SMARTS) is 1. The molecular weight excluding hydrogens is 289 g/mol.